The maximum absolute atomic E-state index is 5.93. The van der Waals surface area contributed by atoms with E-state index < -0.39 is 0 Å². The van der Waals surface area contributed by atoms with E-state index in [2.05, 4.69) is 41.2 Å². The third-order valence-corrected chi connectivity index (χ3v) is 4.78. The number of hydrogen-bond donors (Lipinski definition) is 1. The highest BCUT2D eigenvalue weighted by molar-refractivity contribution is 5.69. The molecule has 6 heteroatoms. The van der Waals surface area contributed by atoms with Crippen molar-refractivity contribution in [2.24, 2.45) is 5.73 Å². The number of fused-ring (bicyclic) bond motifs is 1. The number of anilines is 1. The minimum Gasteiger partial charge on any atom is -0.489 e. The zero-order chi connectivity index (χ0) is 20.1. The number of nitrogens with two attached hydrogens (primary N) is 1. The van der Waals surface area contributed by atoms with Crippen LogP contribution in [-0.4, -0.2) is 23.1 Å². The Labute approximate surface area is 169 Å². The largest absolute Gasteiger partial charge is 0.489 e. The number of oxazole rings is 1. The lowest BCUT2D eigenvalue weighted by Gasteiger charge is -2.19. The van der Waals surface area contributed by atoms with Crippen molar-refractivity contribution in [1.82, 2.24) is 9.97 Å². The minimum absolute atomic E-state index is 0.504. The molecule has 2 aromatic carbocycles. The number of aryl methyl sites for hydroxylation is 1. The Bertz CT molecular complexity index is 1040. The van der Waals surface area contributed by atoms with Crippen LogP contribution in [0, 0.1) is 6.92 Å². The Hall–Kier alpha value is -3.38. The van der Waals surface area contributed by atoms with Gasteiger partial charge in [0.25, 0.3) is 6.01 Å². The van der Waals surface area contributed by atoms with Crippen LogP contribution < -0.4 is 15.4 Å². The van der Waals surface area contributed by atoms with Crippen molar-refractivity contribution in [3.63, 3.8) is 0 Å². The fraction of sp³-hybridized carbons (Fsp3) is 0.217. The predicted octanol–water partition coefficient (Wildman–Crippen LogP) is 4.08. The highest BCUT2D eigenvalue weighted by Gasteiger charge is 2.14. The number of aromatic nitrogens is 2. The van der Waals surface area contributed by atoms with Crippen LogP contribution in [0.4, 0.5) is 6.01 Å². The van der Waals surface area contributed by atoms with Gasteiger partial charge in [0.05, 0.1) is 0 Å². The van der Waals surface area contributed by atoms with E-state index in [1.807, 2.05) is 41.3 Å². The lowest BCUT2D eigenvalue weighted by Crippen LogP contribution is -2.29. The molecule has 0 bridgehead atoms. The molecule has 0 saturated carbocycles. The van der Waals surface area contributed by atoms with E-state index in [0.29, 0.717) is 43.5 Å². The molecular formula is C23H24N4O2. The molecule has 0 aliphatic heterocycles. The van der Waals surface area contributed by atoms with Gasteiger partial charge >= 0.3 is 0 Å². The van der Waals surface area contributed by atoms with Gasteiger partial charge in [0.15, 0.2) is 5.58 Å². The van der Waals surface area contributed by atoms with Gasteiger partial charge < -0.3 is 19.8 Å². The van der Waals surface area contributed by atoms with Crippen molar-refractivity contribution in [3.05, 3.63) is 83.6 Å². The van der Waals surface area contributed by atoms with Crippen LogP contribution in [0.25, 0.3) is 11.2 Å². The number of benzene rings is 2. The van der Waals surface area contributed by atoms with Gasteiger partial charge in [0.1, 0.15) is 12.4 Å². The topological polar surface area (TPSA) is 77.4 Å². The Morgan fingerprint density at radius 2 is 1.86 bits per heavy atom. The Kier molecular flexibility index (Phi) is 5.72. The first kappa shape index (κ1) is 19.0. The molecule has 148 valence electrons. The summed E-state index contributed by atoms with van der Waals surface area (Å²) < 4.78 is 11.8. The van der Waals surface area contributed by atoms with E-state index in [9.17, 15) is 0 Å². The molecule has 6 nitrogen and oxygen atoms in total. The number of nitrogens with zero attached hydrogens (tertiary/aromatic N) is 3. The van der Waals surface area contributed by atoms with Crippen LogP contribution in [-0.2, 0) is 13.2 Å². The second kappa shape index (κ2) is 8.75. The van der Waals surface area contributed by atoms with Crippen molar-refractivity contribution >= 4 is 17.2 Å². The standard InChI is InChI=1S/C23H24N4O2/c1-17-5-2-3-6-19(17)16-28-20-10-8-18(9-11-20)15-27(14-12-24)23-26-22-21(29-23)7-4-13-25-22/h2-11,13H,12,14-16,24H2,1H3. The summed E-state index contributed by atoms with van der Waals surface area (Å²) in [6.45, 7) is 4.43. The van der Waals surface area contributed by atoms with Gasteiger partial charge in [-0.15, -0.1) is 0 Å². The fourth-order valence-electron chi connectivity index (χ4n) is 3.14. The first-order valence-electron chi connectivity index (χ1n) is 9.66. The second-order valence-electron chi connectivity index (χ2n) is 6.89. The van der Waals surface area contributed by atoms with Crippen LogP contribution in [0.15, 0.2) is 71.3 Å². The lowest BCUT2D eigenvalue weighted by atomic mass is 10.1. The SMILES string of the molecule is Cc1ccccc1COc1ccc(CN(CCN)c2nc3ncccc3o2)cc1. The smallest absolute Gasteiger partial charge is 0.300 e. The van der Waals surface area contributed by atoms with Crippen LogP contribution in [0.2, 0.25) is 0 Å². The highest BCUT2D eigenvalue weighted by Crippen LogP contribution is 2.22. The van der Waals surface area contributed by atoms with E-state index in [1.54, 1.807) is 6.20 Å². The Morgan fingerprint density at radius 1 is 1.03 bits per heavy atom. The molecule has 0 radical (unpaired) electrons. The maximum atomic E-state index is 5.93. The Morgan fingerprint density at radius 3 is 2.62 bits per heavy atom. The van der Waals surface area contributed by atoms with Crippen LogP contribution in [0.3, 0.4) is 0 Å². The summed E-state index contributed by atoms with van der Waals surface area (Å²) in [6.07, 6.45) is 1.71. The Balaban J connectivity index is 1.43. The van der Waals surface area contributed by atoms with Gasteiger partial charge in [-0.05, 0) is 47.9 Å². The first-order valence-corrected chi connectivity index (χ1v) is 9.66. The van der Waals surface area contributed by atoms with Gasteiger partial charge in [-0.2, -0.15) is 4.98 Å². The van der Waals surface area contributed by atoms with Gasteiger partial charge in [-0.1, -0.05) is 36.4 Å². The average Bonchev–Trinajstić information content (AvgIpc) is 3.18. The van der Waals surface area contributed by atoms with Crippen LogP contribution in [0.1, 0.15) is 16.7 Å². The van der Waals surface area contributed by atoms with Crippen molar-refractivity contribution in [2.45, 2.75) is 20.1 Å². The number of hydrogen-bond acceptors (Lipinski definition) is 6. The molecule has 4 rings (SSSR count). The molecule has 0 unspecified atom stereocenters. The zero-order valence-corrected chi connectivity index (χ0v) is 16.4. The molecule has 4 aromatic rings. The summed E-state index contributed by atoms with van der Waals surface area (Å²) in [7, 11) is 0. The summed E-state index contributed by atoms with van der Waals surface area (Å²) in [5.74, 6) is 0.841. The monoisotopic (exact) mass is 388 g/mol. The highest BCUT2D eigenvalue weighted by atomic mass is 16.5. The van der Waals surface area contributed by atoms with E-state index in [4.69, 9.17) is 14.9 Å². The molecule has 0 fully saturated rings. The number of rotatable bonds is 8. The molecule has 0 spiro atoms. The molecule has 0 saturated heterocycles. The van der Waals surface area contributed by atoms with Gasteiger partial charge in [-0.25, -0.2) is 4.98 Å². The normalized spacial score (nSPS) is 11.0. The van der Waals surface area contributed by atoms with E-state index in [1.165, 1.54) is 11.1 Å². The summed E-state index contributed by atoms with van der Waals surface area (Å²) in [5.41, 5.74) is 10.6. The quantitative estimate of drug-likeness (QED) is 0.490. The molecule has 29 heavy (non-hydrogen) atoms. The van der Waals surface area contributed by atoms with Gasteiger partial charge in [0.2, 0.25) is 5.65 Å². The minimum atomic E-state index is 0.504. The lowest BCUT2D eigenvalue weighted by molar-refractivity contribution is 0.305. The maximum Gasteiger partial charge on any atom is 0.300 e. The summed E-state index contributed by atoms with van der Waals surface area (Å²) in [5, 5.41) is 0. The van der Waals surface area contributed by atoms with Gasteiger partial charge in [0, 0.05) is 25.8 Å². The first-order chi connectivity index (χ1) is 14.2. The van der Waals surface area contributed by atoms with Crippen molar-refractivity contribution < 1.29 is 9.15 Å². The van der Waals surface area contributed by atoms with E-state index in [0.717, 1.165) is 11.3 Å². The average molecular weight is 388 g/mol. The fourth-order valence-corrected chi connectivity index (χ4v) is 3.14. The molecule has 2 N–H and O–H groups in total. The molecule has 0 aliphatic rings. The molecule has 2 aromatic heterocycles. The molecule has 0 aliphatic carbocycles. The third-order valence-electron chi connectivity index (χ3n) is 4.78. The molecule has 0 atom stereocenters. The number of ether oxygens (including phenoxy) is 1. The summed E-state index contributed by atoms with van der Waals surface area (Å²) in [4.78, 5) is 10.7. The van der Waals surface area contributed by atoms with Gasteiger partial charge in [-0.3, -0.25) is 0 Å². The van der Waals surface area contributed by atoms with Crippen LogP contribution in [0.5, 0.6) is 5.75 Å². The van der Waals surface area contributed by atoms with Crippen molar-refractivity contribution in [2.75, 3.05) is 18.0 Å². The third kappa shape index (κ3) is 4.55. The van der Waals surface area contributed by atoms with Crippen molar-refractivity contribution in [3.8, 4) is 5.75 Å². The second-order valence-corrected chi connectivity index (χ2v) is 6.89. The van der Waals surface area contributed by atoms with Crippen molar-refractivity contribution in [1.29, 1.82) is 0 Å². The summed E-state index contributed by atoms with van der Waals surface area (Å²) in [6, 6.07) is 20.6. The zero-order valence-electron chi connectivity index (χ0n) is 16.4. The number of pyridine rings is 1. The molecule has 2 heterocycles. The van der Waals surface area contributed by atoms with E-state index >= 15 is 0 Å². The molecular weight excluding hydrogens is 364 g/mol. The summed E-state index contributed by atoms with van der Waals surface area (Å²) >= 11 is 0. The molecule has 0 amide bonds. The van der Waals surface area contributed by atoms with E-state index in [-0.39, 0.29) is 0 Å². The van der Waals surface area contributed by atoms with Crippen LogP contribution >= 0.6 is 0 Å². The predicted molar refractivity (Wildman–Crippen MR) is 114 cm³/mol.